The third-order valence-electron chi connectivity index (χ3n) is 3.75. The van der Waals surface area contributed by atoms with Gasteiger partial charge in [-0.1, -0.05) is 19.9 Å². The predicted molar refractivity (Wildman–Crippen MR) is 97.9 cm³/mol. The maximum atomic E-state index is 12.3. The molecule has 1 aromatic carbocycles. The molecule has 0 saturated heterocycles. The smallest absolute Gasteiger partial charge is 0.318 e. The molecule has 0 aliphatic heterocycles. The lowest BCUT2D eigenvalue weighted by Crippen LogP contribution is -2.34. The van der Waals surface area contributed by atoms with Gasteiger partial charge in [0.15, 0.2) is 0 Å². The first kappa shape index (κ1) is 23.6. The van der Waals surface area contributed by atoms with E-state index in [4.69, 9.17) is 0 Å². The van der Waals surface area contributed by atoms with Crippen molar-refractivity contribution < 1.29 is 31.2 Å². The number of anilines is 1. The number of nitrogens with one attached hydrogen (secondary N) is 3. The fourth-order valence-electron chi connectivity index (χ4n) is 2.13. The van der Waals surface area contributed by atoms with Crippen molar-refractivity contribution in [2.75, 3.05) is 12.4 Å². The van der Waals surface area contributed by atoms with Gasteiger partial charge >= 0.3 is 12.1 Å². The van der Waals surface area contributed by atoms with Gasteiger partial charge in [-0.3, -0.25) is 9.59 Å². The molecule has 0 fully saturated rings. The number of hydrogen-bond acceptors (Lipinski definition) is 5. The zero-order valence-electron chi connectivity index (χ0n) is 15.7. The van der Waals surface area contributed by atoms with E-state index < -0.39 is 28.0 Å². The van der Waals surface area contributed by atoms with Gasteiger partial charge in [0, 0.05) is 17.3 Å². The lowest BCUT2D eigenvalue weighted by atomic mass is 10.0. The Morgan fingerprint density at radius 2 is 1.64 bits per heavy atom. The molecule has 0 heterocycles. The number of rotatable bonds is 7. The minimum Gasteiger partial charge on any atom is -0.318 e. The largest absolute Gasteiger partial charge is 0.471 e. The molecule has 1 aromatic rings. The summed E-state index contributed by atoms with van der Waals surface area (Å²) in [6.07, 6.45) is -3.46. The summed E-state index contributed by atoms with van der Waals surface area (Å²) in [6.45, 7) is 5.32. The molecule has 0 aliphatic rings. The molecule has 2 amide bonds. The molecule has 1 rings (SSSR count). The van der Waals surface area contributed by atoms with Crippen molar-refractivity contribution >= 4 is 27.5 Å². The van der Waals surface area contributed by atoms with Crippen LogP contribution in [-0.2, 0) is 19.6 Å². The van der Waals surface area contributed by atoms with Crippen molar-refractivity contribution in [2.45, 2.75) is 37.9 Å². The van der Waals surface area contributed by atoms with Crippen molar-refractivity contribution in [3.63, 3.8) is 0 Å². The highest BCUT2D eigenvalue weighted by Crippen LogP contribution is 2.19. The third kappa shape index (κ3) is 6.64. The van der Waals surface area contributed by atoms with Crippen molar-refractivity contribution in [1.29, 1.82) is 0 Å². The average Bonchev–Trinajstić information content (AvgIpc) is 2.58. The van der Waals surface area contributed by atoms with Crippen LogP contribution in [0.1, 0.15) is 20.8 Å². The zero-order valence-corrected chi connectivity index (χ0v) is 16.5. The summed E-state index contributed by atoms with van der Waals surface area (Å²) in [7, 11) is -2.53. The van der Waals surface area contributed by atoms with Gasteiger partial charge in [-0.05, 0) is 44.2 Å². The number of likely N-dealkylation sites (N-methyl/N-ethyl adjacent to an activating group) is 1. The van der Waals surface area contributed by atoms with Gasteiger partial charge in [0.05, 0.1) is 4.90 Å². The predicted octanol–water partition coefficient (Wildman–Crippen LogP) is 2.18. The fraction of sp³-hybridized carbons (Fsp3) is 0.412. The zero-order chi connectivity index (χ0) is 21.7. The second-order valence-electron chi connectivity index (χ2n) is 6.32. The first-order chi connectivity index (χ1) is 12.8. The van der Waals surface area contributed by atoms with Crippen molar-refractivity contribution in [1.82, 2.24) is 10.0 Å². The molecule has 7 nitrogen and oxygen atoms in total. The van der Waals surface area contributed by atoms with E-state index in [1.54, 1.807) is 18.4 Å². The average molecular weight is 421 g/mol. The molecule has 0 aromatic heterocycles. The maximum absolute atomic E-state index is 12.3. The number of benzene rings is 1. The number of amides is 2. The molecular formula is C17H22F3N3O4S. The molecule has 0 unspecified atom stereocenters. The standard InChI is InChI=1S/C17H22F3N3O4S/c1-10(2)14(21-4)9-11(3)15(24)23-28(26,27)13-7-5-12(6-8-13)22-16(25)17(18,19)20/h5-10,14,21H,1-4H3,(H,22,25)(H,23,24)/b11-9+/t14-/m1/s1. The fourth-order valence-corrected chi connectivity index (χ4v) is 3.15. The number of carbonyl (C=O) groups is 2. The Morgan fingerprint density at radius 1 is 1.11 bits per heavy atom. The van der Waals surface area contributed by atoms with Gasteiger partial charge in [0.1, 0.15) is 0 Å². The maximum Gasteiger partial charge on any atom is 0.471 e. The monoisotopic (exact) mass is 421 g/mol. The second-order valence-corrected chi connectivity index (χ2v) is 8.00. The van der Waals surface area contributed by atoms with Crippen LogP contribution in [-0.4, -0.2) is 39.5 Å². The van der Waals surface area contributed by atoms with Gasteiger partial charge in [0.2, 0.25) is 0 Å². The Balaban J connectivity index is 2.91. The van der Waals surface area contributed by atoms with E-state index in [9.17, 15) is 31.2 Å². The number of sulfonamides is 1. The van der Waals surface area contributed by atoms with Crippen LogP contribution in [0.3, 0.4) is 0 Å². The van der Waals surface area contributed by atoms with E-state index in [-0.39, 0.29) is 28.1 Å². The van der Waals surface area contributed by atoms with E-state index in [2.05, 4.69) is 5.32 Å². The van der Waals surface area contributed by atoms with Gasteiger partial charge in [0.25, 0.3) is 15.9 Å². The van der Waals surface area contributed by atoms with Gasteiger partial charge in [-0.25, -0.2) is 13.1 Å². The highest BCUT2D eigenvalue weighted by Gasteiger charge is 2.38. The summed E-state index contributed by atoms with van der Waals surface area (Å²) < 4.78 is 63.1. The minimum atomic E-state index is -5.07. The lowest BCUT2D eigenvalue weighted by Gasteiger charge is -2.17. The normalized spacial score (nSPS) is 13.9. The van der Waals surface area contributed by atoms with Crippen LogP contribution in [0.25, 0.3) is 0 Å². The Labute approximate surface area is 161 Å². The van der Waals surface area contributed by atoms with Gasteiger partial charge in [-0.15, -0.1) is 0 Å². The molecule has 28 heavy (non-hydrogen) atoms. The van der Waals surface area contributed by atoms with E-state index in [1.807, 2.05) is 18.6 Å². The molecule has 0 bridgehead atoms. The number of carbonyl (C=O) groups excluding carboxylic acids is 2. The second kappa shape index (κ2) is 9.20. The highest BCUT2D eigenvalue weighted by atomic mass is 32.2. The van der Waals surface area contributed by atoms with Crippen LogP contribution < -0.4 is 15.4 Å². The first-order valence-corrected chi connectivity index (χ1v) is 9.67. The highest BCUT2D eigenvalue weighted by molar-refractivity contribution is 7.90. The molecule has 0 radical (unpaired) electrons. The summed E-state index contributed by atoms with van der Waals surface area (Å²) in [6, 6.07) is 3.79. The van der Waals surface area contributed by atoms with Crippen LogP contribution in [0.2, 0.25) is 0 Å². The molecular weight excluding hydrogens is 399 g/mol. The Morgan fingerprint density at radius 3 is 2.07 bits per heavy atom. The van der Waals surface area contributed by atoms with Crippen molar-refractivity contribution in [3.8, 4) is 0 Å². The van der Waals surface area contributed by atoms with Crippen LogP contribution in [0.4, 0.5) is 18.9 Å². The Bertz CT molecular complexity index is 847. The molecule has 3 N–H and O–H groups in total. The topological polar surface area (TPSA) is 104 Å². The summed E-state index contributed by atoms with van der Waals surface area (Å²) in [5, 5.41) is 4.59. The van der Waals surface area contributed by atoms with Crippen molar-refractivity contribution in [3.05, 3.63) is 35.9 Å². The van der Waals surface area contributed by atoms with Crippen LogP contribution in [0, 0.1) is 5.92 Å². The molecule has 1 atom stereocenters. The molecule has 0 saturated carbocycles. The Kier molecular flexibility index (Phi) is 7.76. The minimum absolute atomic E-state index is 0.134. The number of alkyl halides is 3. The van der Waals surface area contributed by atoms with E-state index in [1.165, 1.54) is 6.92 Å². The van der Waals surface area contributed by atoms with Crippen LogP contribution in [0.15, 0.2) is 40.8 Å². The molecule has 0 aliphatic carbocycles. The molecule has 0 spiro atoms. The molecule has 156 valence electrons. The SMILES string of the molecule is CN[C@H](/C=C(\C)C(=O)NS(=O)(=O)c1ccc(NC(=O)C(F)(F)F)cc1)C(C)C. The number of halogens is 3. The van der Waals surface area contributed by atoms with Crippen LogP contribution in [0.5, 0.6) is 0 Å². The molecule has 11 heteroatoms. The number of hydrogen-bond donors (Lipinski definition) is 3. The van der Waals surface area contributed by atoms with Gasteiger partial charge < -0.3 is 10.6 Å². The van der Waals surface area contributed by atoms with Gasteiger partial charge in [-0.2, -0.15) is 13.2 Å². The van der Waals surface area contributed by atoms with Crippen LogP contribution >= 0.6 is 0 Å². The summed E-state index contributed by atoms with van der Waals surface area (Å²) in [5.41, 5.74) is -0.0526. The third-order valence-corrected chi connectivity index (χ3v) is 5.09. The van der Waals surface area contributed by atoms with Crippen molar-refractivity contribution in [2.24, 2.45) is 5.92 Å². The summed E-state index contributed by atoms with van der Waals surface area (Å²) >= 11 is 0. The summed E-state index contributed by atoms with van der Waals surface area (Å²) in [4.78, 5) is 22.7. The quantitative estimate of drug-likeness (QED) is 0.586. The van der Waals surface area contributed by atoms with E-state index in [0.717, 1.165) is 24.3 Å². The van der Waals surface area contributed by atoms with E-state index in [0.29, 0.717) is 0 Å². The lowest BCUT2D eigenvalue weighted by molar-refractivity contribution is -0.167. The Hall–Kier alpha value is -2.40. The summed E-state index contributed by atoms with van der Waals surface area (Å²) in [5.74, 6) is -2.83. The first-order valence-electron chi connectivity index (χ1n) is 8.19. The van der Waals surface area contributed by atoms with E-state index >= 15 is 0 Å².